The van der Waals surface area contributed by atoms with Gasteiger partial charge in [-0.3, -0.25) is 0 Å². The lowest BCUT2D eigenvalue weighted by molar-refractivity contribution is -0.153. The van der Waals surface area contributed by atoms with Gasteiger partial charge in [-0.1, -0.05) is 11.6 Å². The van der Waals surface area contributed by atoms with E-state index in [1.807, 2.05) is 43.1 Å². The van der Waals surface area contributed by atoms with Crippen LogP contribution in [0, 0.1) is 0 Å². The van der Waals surface area contributed by atoms with Crippen molar-refractivity contribution in [2.24, 2.45) is 0 Å². The number of esters is 1. The molecule has 2 saturated heterocycles. The molecule has 0 saturated carbocycles. The Bertz CT molecular complexity index is 783. The van der Waals surface area contributed by atoms with Crippen LogP contribution in [0.5, 0.6) is 0 Å². The second kappa shape index (κ2) is 11.2. The van der Waals surface area contributed by atoms with Gasteiger partial charge in [0.05, 0.1) is 0 Å². The number of aliphatic carboxylic acids is 2. The highest BCUT2D eigenvalue weighted by Crippen LogP contribution is 2.35. The highest BCUT2D eigenvalue weighted by atomic mass is 35.5. The number of carbonyl (C=O) groups is 3. The summed E-state index contributed by atoms with van der Waals surface area (Å²) >= 11 is 5.92. The molecule has 2 heterocycles. The minimum absolute atomic E-state index is 0.0669. The van der Waals surface area contributed by atoms with Crippen molar-refractivity contribution in [3.8, 4) is 0 Å². The Balaban J connectivity index is 0.000000366. The lowest BCUT2D eigenvalue weighted by Gasteiger charge is -2.36. The summed E-state index contributed by atoms with van der Waals surface area (Å²) in [6, 6.07) is 8.35. The fourth-order valence-electron chi connectivity index (χ4n) is 3.92. The highest BCUT2D eigenvalue weighted by molar-refractivity contribution is 6.30. The molecule has 2 fully saturated rings. The number of benzene rings is 1. The van der Waals surface area contributed by atoms with Crippen molar-refractivity contribution in [3.05, 3.63) is 41.4 Å². The van der Waals surface area contributed by atoms with Crippen molar-refractivity contribution in [3.63, 3.8) is 0 Å². The maximum Gasteiger partial charge on any atom is 0.328 e. The summed E-state index contributed by atoms with van der Waals surface area (Å²) in [6.45, 7) is 1.89. The zero-order chi connectivity index (χ0) is 23.1. The predicted molar refractivity (Wildman–Crippen MR) is 117 cm³/mol. The first-order chi connectivity index (χ1) is 14.6. The number of nitrogens with zero attached hydrogens (tertiary/aromatic N) is 2. The monoisotopic (exact) mass is 452 g/mol. The van der Waals surface area contributed by atoms with Crippen molar-refractivity contribution in [2.45, 2.75) is 56.8 Å². The molecule has 2 aliphatic heterocycles. The predicted octanol–water partition coefficient (Wildman–Crippen LogP) is 3.04. The smallest absolute Gasteiger partial charge is 0.328 e. The third kappa shape index (κ3) is 7.25. The molecule has 9 heteroatoms. The van der Waals surface area contributed by atoms with E-state index in [0.29, 0.717) is 29.3 Å². The molecule has 0 spiro atoms. The number of carbonyl (C=O) groups excluding carboxylic acids is 1. The Labute approximate surface area is 187 Å². The Morgan fingerprint density at radius 3 is 2.03 bits per heavy atom. The van der Waals surface area contributed by atoms with E-state index in [0.717, 1.165) is 18.5 Å². The van der Waals surface area contributed by atoms with Gasteiger partial charge in [0.25, 0.3) is 0 Å². The summed E-state index contributed by atoms with van der Waals surface area (Å²) in [6.07, 6.45) is 5.58. The number of halogens is 1. The summed E-state index contributed by atoms with van der Waals surface area (Å²) in [5.41, 5.74) is 0.960. The van der Waals surface area contributed by atoms with E-state index in [1.165, 1.54) is 12.8 Å². The van der Waals surface area contributed by atoms with Gasteiger partial charge in [-0.15, -0.1) is 0 Å². The SMILES string of the molecule is CC(C(=O)OC1CC2CCC(C1)N2C)N(C)c1ccc(Cl)cc1.O=C(O)/C=C\C(=O)O. The quantitative estimate of drug-likeness (QED) is 0.501. The maximum absolute atomic E-state index is 12.5. The molecule has 170 valence electrons. The van der Waals surface area contributed by atoms with Crippen molar-refractivity contribution in [2.75, 3.05) is 19.0 Å². The number of ether oxygens (including phenoxy) is 1. The molecule has 3 rings (SSSR count). The summed E-state index contributed by atoms with van der Waals surface area (Å²) in [7, 11) is 4.10. The lowest BCUT2D eigenvalue weighted by atomic mass is 10.0. The molecule has 1 aromatic carbocycles. The van der Waals surface area contributed by atoms with Gasteiger partial charge in [-0.05, 0) is 63.9 Å². The van der Waals surface area contributed by atoms with Crippen molar-refractivity contribution >= 4 is 35.2 Å². The van der Waals surface area contributed by atoms with Crippen LogP contribution in [0.1, 0.15) is 32.6 Å². The summed E-state index contributed by atoms with van der Waals surface area (Å²) < 4.78 is 5.82. The van der Waals surface area contributed by atoms with Gasteiger partial charge in [-0.25, -0.2) is 14.4 Å². The fourth-order valence-corrected chi connectivity index (χ4v) is 4.05. The van der Waals surface area contributed by atoms with Crippen molar-refractivity contribution < 1.29 is 29.3 Å². The molecule has 0 aliphatic carbocycles. The van der Waals surface area contributed by atoms with Crippen LogP contribution >= 0.6 is 11.6 Å². The average Bonchev–Trinajstić information content (AvgIpc) is 2.92. The number of carboxylic acid groups (broad SMARTS) is 2. The number of hydrogen-bond acceptors (Lipinski definition) is 6. The fraction of sp³-hybridized carbons (Fsp3) is 0.500. The number of fused-ring (bicyclic) bond motifs is 2. The minimum atomic E-state index is -1.26. The Morgan fingerprint density at radius 1 is 1.10 bits per heavy atom. The van der Waals surface area contributed by atoms with Crippen LogP contribution in [-0.2, 0) is 19.1 Å². The first-order valence-corrected chi connectivity index (χ1v) is 10.5. The molecule has 2 bridgehead atoms. The summed E-state index contributed by atoms with van der Waals surface area (Å²) in [5.74, 6) is -2.66. The van der Waals surface area contributed by atoms with Crippen molar-refractivity contribution in [1.29, 1.82) is 0 Å². The Kier molecular flexibility index (Phi) is 8.88. The molecule has 0 radical (unpaired) electrons. The lowest BCUT2D eigenvalue weighted by Crippen LogP contribution is -2.45. The molecule has 8 nitrogen and oxygen atoms in total. The molecular weight excluding hydrogens is 424 g/mol. The topological polar surface area (TPSA) is 107 Å². The standard InChI is InChI=1S/C18H25ClN2O2.C4H4O4/c1-12(20(2)14-6-4-13(19)5-7-14)18(22)23-17-10-15-8-9-16(11-17)21(15)3;5-3(6)1-2-4(7)8/h4-7,12,15-17H,8-11H2,1-3H3;1-2H,(H,5,6)(H,7,8)/b;2-1-. The zero-order valence-corrected chi connectivity index (χ0v) is 18.7. The van der Waals surface area contributed by atoms with E-state index in [9.17, 15) is 14.4 Å². The molecule has 3 unspecified atom stereocenters. The summed E-state index contributed by atoms with van der Waals surface area (Å²) in [4.78, 5) is 36.0. The molecular formula is C22H29ClN2O6. The number of piperidine rings is 1. The molecule has 3 atom stereocenters. The molecule has 1 aromatic rings. The second-order valence-corrected chi connectivity index (χ2v) is 8.29. The third-order valence-electron chi connectivity index (χ3n) is 5.86. The number of carboxylic acids is 2. The van der Waals surface area contributed by atoms with E-state index in [-0.39, 0.29) is 18.1 Å². The number of hydrogen-bond donors (Lipinski definition) is 2. The Hall–Kier alpha value is -2.58. The van der Waals surface area contributed by atoms with E-state index in [1.54, 1.807) is 0 Å². The van der Waals surface area contributed by atoms with Gasteiger partial charge in [0.1, 0.15) is 12.1 Å². The van der Waals surface area contributed by atoms with Gasteiger partial charge >= 0.3 is 17.9 Å². The van der Waals surface area contributed by atoms with E-state index in [2.05, 4.69) is 11.9 Å². The highest BCUT2D eigenvalue weighted by Gasteiger charge is 2.40. The van der Waals surface area contributed by atoms with Gasteiger partial charge in [0.2, 0.25) is 0 Å². The first kappa shape index (κ1) is 24.7. The van der Waals surface area contributed by atoms with Crippen LogP contribution < -0.4 is 4.90 Å². The third-order valence-corrected chi connectivity index (χ3v) is 6.11. The first-order valence-electron chi connectivity index (χ1n) is 10.1. The number of anilines is 1. The Morgan fingerprint density at radius 2 is 1.58 bits per heavy atom. The number of rotatable bonds is 6. The maximum atomic E-state index is 12.5. The van der Waals surface area contributed by atoms with Crippen LogP contribution in [0.25, 0.3) is 0 Å². The van der Waals surface area contributed by atoms with Gasteiger partial charge in [0, 0.05) is 42.0 Å². The van der Waals surface area contributed by atoms with Gasteiger partial charge in [-0.2, -0.15) is 0 Å². The summed E-state index contributed by atoms with van der Waals surface area (Å²) in [5, 5.41) is 16.3. The molecule has 31 heavy (non-hydrogen) atoms. The second-order valence-electron chi connectivity index (χ2n) is 7.85. The van der Waals surface area contributed by atoms with Crippen LogP contribution in [0.4, 0.5) is 5.69 Å². The van der Waals surface area contributed by atoms with E-state index in [4.69, 9.17) is 26.6 Å². The van der Waals surface area contributed by atoms with Crippen LogP contribution in [0.2, 0.25) is 5.02 Å². The van der Waals surface area contributed by atoms with Gasteiger partial charge < -0.3 is 24.7 Å². The van der Waals surface area contributed by atoms with Crippen molar-refractivity contribution in [1.82, 2.24) is 4.90 Å². The van der Waals surface area contributed by atoms with Gasteiger partial charge in [0.15, 0.2) is 0 Å². The van der Waals surface area contributed by atoms with Crippen LogP contribution in [-0.4, -0.2) is 71.3 Å². The molecule has 0 aromatic heterocycles. The molecule has 2 aliphatic rings. The molecule has 0 amide bonds. The normalized spacial score (nSPS) is 23.5. The largest absolute Gasteiger partial charge is 0.478 e. The zero-order valence-electron chi connectivity index (χ0n) is 17.9. The van der Waals surface area contributed by atoms with Crippen LogP contribution in [0.3, 0.4) is 0 Å². The van der Waals surface area contributed by atoms with Crippen LogP contribution in [0.15, 0.2) is 36.4 Å². The number of likely N-dealkylation sites (N-methyl/N-ethyl adjacent to an activating group) is 1. The molecule has 2 N–H and O–H groups in total. The van der Waals surface area contributed by atoms with E-state index >= 15 is 0 Å². The van der Waals surface area contributed by atoms with E-state index < -0.39 is 11.9 Å². The average molecular weight is 453 g/mol. The minimum Gasteiger partial charge on any atom is -0.478 e.